The Labute approximate surface area is 152 Å². The van der Waals surface area contributed by atoms with E-state index in [1.165, 1.54) is 10.1 Å². The van der Waals surface area contributed by atoms with Crippen LogP contribution in [0.3, 0.4) is 0 Å². The fourth-order valence-corrected chi connectivity index (χ4v) is 2.86. The van der Waals surface area contributed by atoms with Gasteiger partial charge in [0.15, 0.2) is 0 Å². The number of hydrogen-bond acceptors (Lipinski definition) is 4. The van der Waals surface area contributed by atoms with Crippen LogP contribution >= 0.6 is 0 Å². The van der Waals surface area contributed by atoms with E-state index in [9.17, 15) is 9.59 Å². The lowest BCUT2D eigenvalue weighted by Gasteiger charge is -2.08. The quantitative estimate of drug-likeness (QED) is 0.613. The number of aromatic nitrogens is 2. The van der Waals surface area contributed by atoms with Gasteiger partial charge in [-0.25, -0.2) is 4.68 Å². The highest BCUT2D eigenvalue weighted by atomic mass is 16.5. The summed E-state index contributed by atoms with van der Waals surface area (Å²) in [4.78, 5) is 24.0. The first-order chi connectivity index (χ1) is 12.7. The standard InChI is InChI=1S/C21H22N2O3/c1-2-5-20(24)26-13-11-18-10-12-22-23(21(18)25)15-16-8-9-17-6-3-4-7-19(17)14-16/h3-4,6-10,12,14H,2,5,11,13,15H2,1H3. The Hall–Kier alpha value is -2.95. The minimum Gasteiger partial charge on any atom is -0.465 e. The van der Waals surface area contributed by atoms with Gasteiger partial charge in [0, 0.05) is 24.6 Å². The molecule has 0 radical (unpaired) electrons. The van der Waals surface area contributed by atoms with Gasteiger partial charge in [-0.2, -0.15) is 5.10 Å². The molecule has 0 N–H and O–H groups in total. The molecule has 1 heterocycles. The van der Waals surface area contributed by atoms with Gasteiger partial charge in [-0.3, -0.25) is 9.59 Å². The molecule has 0 amide bonds. The topological polar surface area (TPSA) is 61.2 Å². The predicted octanol–water partition coefficient (Wildman–Crippen LogP) is 3.33. The average Bonchev–Trinajstić information content (AvgIpc) is 2.65. The molecule has 5 heteroatoms. The molecule has 134 valence electrons. The molecule has 0 atom stereocenters. The minimum absolute atomic E-state index is 0.146. The molecule has 0 spiro atoms. The molecule has 0 fully saturated rings. The van der Waals surface area contributed by atoms with Crippen molar-refractivity contribution in [1.29, 1.82) is 0 Å². The van der Waals surface area contributed by atoms with Crippen LogP contribution in [0.15, 0.2) is 59.5 Å². The second kappa shape index (κ2) is 8.43. The molecule has 0 bridgehead atoms. The Morgan fingerprint density at radius 1 is 1.12 bits per heavy atom. The van der Waals surface area contributed by atoms with E-state index in [2.05, 4.69) is 23.3 Å². The summed E-state index contributed by atoms with van der Waals surface area (Å²) in [5.74, 6) is -0.224. The van der Waals surface area contributed by atoms with E-state index in [1.807, 2.05) is 31.2 Å². The van der Waals surface area contributed by atoms with E-state index in [-0.39, 0.29) is 18.1 Å². The van der Waals surface area contributed by atoms with Gasteiger partial charge >= 0.3 is 5.97 Å². The van der Waals surface area contributed by atoms with Crippen LogP contribution in [0, 0.1) is 0 Å². The van der Waals surface area contributed by atoms with Gasteiger partial charge in [0.05, 0.1) is 13.2 Å². The normalized spacial score (nSPS) is 10.8. The van der Waals surface area contributed by atoms with E-state index in [4.69, 9.17) is 4.74 Å². The van der Waals surface area contributed by atoms with Crippen LogP contribution < -0.4 is 5.56 Å². The fraction of sp³-hybridized carbons (Fsp3) is 0.286. The summed E-state index contributed by atoms with van der Waals surface area (Å²) in [6, 6.07) is 15.9. The van der Waals surface area contributed by atoms with Crippen LogP contribution in [0.5, 0.6) is 0 Å². The van der Waals surface area contributed by atoms with Crippen LogP contribution in [0.4, 0.5) is 0 Å². The zero-order valence-electron chi connectivity index (χ0n) is 14.9. The Morgan fingerprint density at radius 2 is 1.92 bits per heavy atom. The summed E-state index contributed by atoms with van der Waals surface area (Å²) in [6.07, 6.45) is 3.18. The average molecular weight is 350 g/mol. The lowest BCUT2D eigenvalue weighted by Crippen LogP contribution is -2.27. The Kier molecular flexibility index (Phi) is 5.79. The second-order valence-electron chi connectivity index (χ2n) is 6.22. The van der Waals surface area contributed by atoms with Gasteiger partial charge in [0.25, 0.3) is 5.56 Å². The van der Waals surface area contributed by atoms with Crippen molar-refractivity contribution >= 4 is 16.7 Å². The smallest absolute Gasteiger partial charge is 0.305 e. The molecule has 0 aliphatic rings. The number of nitrogens with zero attached hydrogens (tertiary/aromatic N) is 2. The maximum absolute atomic E-state index is 12.6. The highest BCUT2D eigenvalue weighted by molar-refractivity contribution is 5.82. The number of carbonyl (C=O) groups excluding carboxylic acids is 1. The third-order valence-electron chi connectivity index (χ3n) is 4.23. The molecule has 3 rings (SSSR count). The molecule has 3 aromatic rings. The van der Waals surface area contributed by atoms with E-state index in [0.717, 1.165) is 17.4 Å². The number of carbonyl (C=O) groups is 1. The fourth-order valence-electron chi connectivity index (χ4n) is 2.86. The van der Waals surface area contributed by atoms with Crippen LogP contribution in [0.1, 0.15) is 30.9 Å². The summed E-state index contributed by atoms with van der Waals surface area (Å²) in [5.41, 5.74) is 1.47. The van der Waals surface area contributed by atoms with Crippen molar-refractivity contribution in [3.05, 3.63) is 76.2 Å². The van der Waals surface area contributed by atoms with Crippen LogP contribution in [0.2, 0.25) is 0 Å². The van der Waals surface area contributed by atoms with Gasteiger partial charge < -0.3 is 4.74 Å². The molecule has 26 heavy (non-hydrogen) atoms. The highest BCUT2D eigenvalue weighted by Crippen LogP contribution is 2.15. The number of ether oxygens (including phenoxy) is 1. The first-order valence-corrected chi connectivity index (χ1v) is 8.85. The first-order valence-electron chi connectivity index (χ1n) is 8.85. The number of esters is 1. The number of benzene rings is 2. The number of rotatable bonds is 7. The van der Waals surface area contributed by atoms with Gasteiger partial charge in [-0.15, -0.1) is 0 Å². The highest BCUT2D eigenvalue weighted by Gasteiger charge is 2.07. The molecule has 1 aromatic heterocycles. The first kappa shape index (κ1) is 17.9. The molecule has 0 saturated heterocycles. The molecule has 0 unspecified atom stereocenters. The van der Waals surface area contributed by atoms with E-state index >= 15 is 0 Å². The molecular weight excluding hydrogens is 328 g/mol. The summed E-state index contributed by atoms with van der Waals surface area (Å²) in [7, 11) is 0. The van der Waals surface area contributed by atoms with Crippen molar-refractivity contribution in [2.45, 2.75) is 32.7 Å². The molecule has 0 saturated carbocycles. The van der Waals surface area contributed by atoms with Gasteiger partial charge in [0.1, 0.15) is 0 Å². The molecule has 5 nitrogen and oxygen atoms in total. The number of fused-ring (bicyclic) bond motifs is 1. The van der Waals surface area contributed by atoms with E-state index < -0.39 is 0 Å². The molecular formula is C21H22N2O3. The van der Waals surface area contributed by atoms with E-state index in [1.54, 1.807) is 12.3 Å². The molecule has 0 aliphatic heterocycles. The third kappa shape index (κ3) is 4.36. The summed E-state index contributed by atoms with van der Waals surface area (Å²) in [6.45, 7) is 2.55. The molecule has 0 aliphatic carbocycles. The zero-order valence-corrected chi connectivity index (χ0v) is 14.9. The molecule has 2 aromatic carbocycles. The lowest BCUT2D eigenvalue weighted by atomic mass is 10.1. The monoisotopic (exact) mass is 350 g/mol. The van der Waals surface area contributed by atoms with Crippen molar-refractivity contribution in [3.8, 4) is 0 Å². The maximum atomic E-state index is 12.6. The van der Waals surface area contributed by atoms with Crippen LogP contribution in [0.25, 0.3) is 10.8 Å². The van der Waals surface area contributed by atoms with Gasteiger partial charge in [-0.1, -0.05) is 43.3 Å². The van der Waals surface area contributed by atoms with Gasteiger partial charge in [0.2, 0.25) is 0 Å². The lowest BCUT2D eigenvalue weighted by molar-refractivity contribution is -0.143. The largest absolute Gasteiger partial charge is 0.465 e. The van der Waals surface area contributed by atoms with E-state index in [0.29, 0.717) is 24.9 Å². The summed E-state index contributed by atoms with van der Waals surface area (Å²) >= 11 is 0. The SMILES string of the molecule is CCCC(=O)OCCc1ccnn(Cc2ccc3ccccc3c2)c1=O. The summed E-state index contributed by atoms with van der Waals surface area (Å²) in [5, 5.41) is 6.49. The Bertz CT molecular complexity index is 963. The van der Waals surface area contributed by atoms with Crippen molar-refractivity contribution in [1.82, 2.24) is 9.78 Å². The maximum Gasteiger partial charge on any atom is 0.305 e. The number of hydrogen-bond donors (Lipinski definition) is 0. The summed E-state index contributed by atoms with van der Waals surface area (Å²) < 4.78 is 6.59. The van der Waals surface area contributed by atoms with Crippen molar-refractivity contribution < 1.29 is 9.53 Å². The zero-order chi connectivity index (χ0) is 18.4. The Morgan fingerprint density at radius 3 is 2.73 bits per heavy atom. The van der Waals surface area contributed by atoms with Gasteiger partial charge in [-0.05, 0) is 34.9 Å². The van der Waals surface area contributed by atoms with Crippen LogP contribution in [-0.4, -0.2) is 22.4 Å². The Balaban J connectivity index is 1.72. The third-order valence-corrected chi connectivity index (χ3v) is 4.23. The predicted molar refractivity (Wildman–Crippen MR) is 101 cm³/mol. The van der Waals surface area contributed by atoms with Crippen LogP contribution in [-0.2, 0) is 22.5 Å². The van der Waals surface area contributed by atoms with Crippen molar-refractivity contribution in [2.24, 2.45) is 0 Å². The van der Waals surface area contributed by atoms with Crippen molar-refractivity contribution in [2.75, 3.05) is 6.61 Å². The minimum atomic E-state index is -0.224. The second-order valence-corrected chi connectivity index (χ2v) is 6.22. The van der Waals surface area contributed by atoms with Crippen molar-refractivity contribution in [3.63, 3.8) is 0 Å².